The fraction of sp³-hybridized carbons (Fsp3) is 0.235. The van der Waals surface area contributed by atoms with Crippen LogP contribution < -0.4 is 5.32 Å². The normalized spacial score (nSPS) is 11.6. The summed E-state index contributed by atoms with van der Waals surface area (Å²) in [5.41, 5.74) is 1.19. The highest BCUT2D eigenvalue weighted by molar-refractivity contribution is 6.32. The number of benzene rings is 1. The Morgan fingerprint density at radius 3 is 2.58 bits per heavy atom. The van der Waals surface area contributed by atoms with Crippen LogP contribution in [0.4, 0.5) is 19.0 Å². The van der Waals surface area contributed by atoms with Gasteiger partial charge in [-0.25, -0.2) is 14.6 Å². The van der Waals surface area contributed by atoms with Crippen LogP contribution in [0.15, 0.2) is 36.8 Å². The lowest BCUT2D eigenvalue weighted by atomic mass is 10.1. The van der Waals surface area contributed by atoms with E-state index in [1.54, 1.807) is 26.0 Å². The lowest BCUT2D eigenvalue weighted by molar-refractivity contribution is -0.138. The molecule has 136 valence electrons. The first kappa shape index (κ1) is 18.2. The van der Waals surface area contributed by atoms with E-state index in [1.165, 1.54) is 23.3 Å². The van der Waals surface area contributed by atoms with E-state index >= 15 is 0 Å². The first-order chi connectivity index (χ1) is 12.3. The molecule has 0 radical (unpaired) electrons. The summed E-state index contributed by atoms with van der Waals surface area (Å²) in [6.45, 7) is 3.50. The van der Waals surface area contributed by atoms with E-state index in [0.29, 0.717) is 5.69 Å². The largest absolute Gasteiger partial charge is 0.416 e. The highest BCUT2D eigenvalue weighted by Gasteiger charge is 2.33. The predicted octanol–water partition coefficient (Wildman–Crippen LogP) is 4.56. The maximum atomic E-state index is 13.5. The SMILES string of the molecule is Cc1cc(C)n(-c2ccc(CNc3ncncc3Cl)c(C(F)(F)F)c2)n1. The lowest BCUT2D eigenvalue weighted by Crippen LogP contribution is -2.14. The van der Waals surface area contributed by atoms with Crippen LogP contribution in [0.2, 0.25) is 5.02 Å². The number of hydrogen-bond acceptors (Lipinski definition) is 4. The summed E-state index contributed by atoms with van der Waals surface area (Å²) in [5, 5.41) is 7.29. The van der Waals surface area contributed by atoms with Gasteiger partial charge in [-0.05, 0) is 37.6 Å². The number of aryl methyl sites for hydroxylation is 2. The second-order valence-electron chi connectivity index (χ2n) is 5.75. The molecule has 26 heavy (non-hydrogen) atoms. The Kier molecular flexibility index (Phi) is 4.86. The maximum absolute atomic E-state index is 13.5. The van der Waals surface area contributed by atoms with Crippen molar-refractivity contribution >= 4 is 17.4 Å². The van der Waals surface area contributed by atoms with Crippen LogP contribution in [-0.4, -0.2) is 19.7 Å². The van der Waals surface area contributed by atoms with Gasteiger partial charge in [-0.1, -0.05) is 17.7 Å². The third-order valence-corrected chi connectivity index (χ3v) is 4.04. The quantitative estimate of drug-likeness (QED) is 0.719. The van der Waals surface area contributed by atoms with Gasteiger partial charge in [-0.15, -0.1) is 0 Å². The molecule has 2 aromatic heterocycles. The Bertz CT molecular complexity index is 936. The average Bonchev–Trinajstić information content (AvgIpc) is 2.91. The molecule has 0 saturated heterocycles. The molecular weight excluding hydrogens is 367 g/mol. The summed E-state index contributed by atoms with van der Waals surface area (Å²) in [6.07, 6.45) is -1.86. The molecular formula is C17H15ClF3N5. The summed E-state index contributed by atoms with van der Waals surface area (Å²) in [4.78, 5) is 7.65. The molecule has 1 aromatic carbocycles. The first-order valence-corrected chi connectivity index (χ1v) is 8.06. The van der Waals surface area contributed by atoms with E-state index < -0.39 is 11.7 Å². The topological polar surface area (TPSA) is 55.6 Å². The maximum Gasteiger partial charge on any atom is 0.416 e. The van der Waals surface area contributed by atoms with Gasteiger partial charge < -0.3 is 5.32 Å². The molecule has 3 rings (SSSR count). The predicted molar refractivity (Wildman–Crippen MR) is 92.4 cm³/mol. The molecule has 0 amide bonds. The number of halogens is 4. The number of rotatable bonds is 4. The zero-order valence-corrected chi connectivity index (χ0v) is 14.7. The van der Waals surface area contributed by atoms with E-state index in [1.807, 2.05) is 0 Å². The van der Waals surface area contributed by atoms with Gasteiger partial charge in [0.2, 0.25) is 0 Å². The van der Waals surface area contributed by atoms with Crippen molar-refractivity contribution in [2.45, 2.75) is 26.6 Å². The summed E-state index contributed by atoms with van der Waals surface area (Å²) >= 11 is 5.92. The molecule has 0 aliphatic rings. The minimum absolute atomic E-state index is 0.0804. The summed E-state index contributed by atoms with van der Waals surface area (Å²) in [6, 6.07) is 5.93. The van der Waals surface area contributed by atoms with Crippen molar-refractivity contribution in [3.05, 3.63) is 64.3 Å². The number of anilines is 1. The molecule has 0 atom stereocenters. The lowest BCUT2D eigenvalue weighted by Gasteiger charge is -2.16. The van der Waals surface area contributed by atoms with Crippen LogP contribution in [0.5, 0.6) is 0 Å². The highest BCUT2D eigenvalue weighted by atomic mass is 35.5. The van der Waals surface area contributed by atoms with E-state index in [-0.39, 0.29) is 22.9 Å². The number of nitrogens with zero attached hydrogens (tertiary/aromatic N) is 4. The molecule has 9 heteroatoms. The van der Waals surface area contributed by atoms with Gasteiger partial charge in [0.05, 0.1) is 23.1 Å². The van der Waals surface area contributed by atoms with Crippen molar-refractivity contribution in [3.63, 3.8) is 0 Å². The number of aromatic nitrogens is 4. The van der Waals surface area contributed by atoms with Crippen molar-refractivity contribution < 1.29 is 13.2 Å². The molecule has 0 fully saturated rings. The summed E-state index contributed by atoms with van der Waals surface area (Å²) in [5.74, 6) is 0.275. The van der Waals surface area contributed by atoms with Crippen LogP contribution in [0.25, 0.3) is 5.69 Å². The van der Waals surface area contributed by atoms with Crippen LogP contribution in [-0.2, 0) is 12.7 Å². The van der Waals surface area contributed by atoms with Crippen molar-refractivity contribution in [1.29, 1.82) is 0 Å². The zero-order valence-electron chi connectivity index (χ0n) is 14.0. The zero-order chi connectivity index (χ0) is 18.9. The van der Waals surface area contributed by atoms with Crippen molar-refractivity contribution in [1.82, 2.24) is 19.7 Å². The van der Waals surface area contributed by atoms with E-state index in [4.69, 9.17) is 11.6 Å². The molecule has 0 saturated carbocycles. The third-order valence-electron chi connectivity index (χ3n) is 3.77. The van der Waals surface area contributed by atoms with Crippen molar-refractivity contribution in [3.8, 4) is 5.69 Å². The number of hydrogen-bond donors (Lipinski definition) is 1. The monoisotopic (exact) mass is 381 g/mol. The molecule has 3 aromatic rings. The van der Waals surface area contributed by atoms with Gasteiger partial charge in [0, 0.05) is 12.2 Å². The molecule has 0 aliphatic carbocycles. The van der Waals surface area contributed by atoms with Crippen LogP contribution in [0, 0.1) is 13.8 Å². The highest BCUT2D eigenvalue weighted by Crippen LogP contribution is 2.34. The minimum Gasteiger partial charge on any atom is -0.365 e. The van der Waals surface area contributed by atoms with Crippen LogP contribution >= 0.6 is 11.6 Å². The van der Waals surface area contributed by atoms with Gasteiger partial charge in [0.25, 0.3) is 0 Å². The van der Waals surface area contributed by atoms with E-state index in [9.17, 15) is 13.2 Å². The average molecular weight is 382 g/mol. The molecule has 1 N–H and O–H groups in total. The van der Waals surface area contributed by atoms with Gasteiger partial charge >= 0.3 is 6.18 Å². The van der Waals surface area contributed by atoms with E-state index in [2.05, 4.69) is 20.4 Å². The second-order valence-corrected chi connectivity index (χ2v) is 6.16. The Morgan fingerprint density at radius 2 is 1.96 bits per heavy atom. The smallest absolute Gasteiger partial charge is 0.365 e. The molecule has 5 nitrogen and oxygen atoms in total. The number of alkyl halides is 3. The van der Waals surface area contributed by atoms with E-state index in [0.717, 1.165) is 17.5 Å². The fourth-order valence-corrected chi connectivity index (χ4v) is 2.80. The Balaban J connectivity index is 1.95. The molecule has 0 spiro atoms. The van der Waals surface area contributed by atoms with Crippen LogP contribution in [0.3, 0.4) is 0 Å². The molecule has 0 bridgehead atoms. The van der Waals surface area contributed by atoms with Crippen molar-refractivity contribution in [2.24, 2.45) is 0 Å². The standard InChI is InChI=1S/C17H15ClF3N5/c1-10-5-11(2)26(25-10)13-4-3-12(14(6-13)17(19,20)21)7-23-16-15(18)8-22-9-24-16/h3-6,8-9H,7H2,1-2H3,(H,22,23,24). The van der Waals surface area contributed by atoms with Gasteiger partial charge in [-0.2, -0.15) is 18.3 Å². The van der Waals surface area contributed by atoms with Gasteiger partial charge in [0.1, 0.15) is 17.2 Å². The molecule has 0 aliphatic heterocycles. The minimum atomic E-state index is -4.50. The van der Waals surface area contributed by atoms with Gasteiger partial charge in [0.15, 0.2) is 0 Å². The summed E-state index contributed by atoms with van der Waals surface area (Å²) in [7, 11) is 0. The summed E-state index contributed by atoms with van der Waals surface area (Å²) < 4.78 is 42.1. The van der Waals surface area contributed by atoms with Gasteiger partial charge in [-0.3, -0.25) is 0 Å². The Morgan fingerprint density at radius 1 is 1.19 bits per heavy atom. The number of nitrogens with one attached hydrogen (secondary N) is 1. The first-order valence-electron chi connectivity index (χ1n) is 7.69. The Hall–Kier alpha value is -2.61. The van der Waals surface area contributed by atoms with Crippen LogP contribution in [0.1, 0.15) is 22.5 Å². The molecule has 2 heterocycles. The fourth-order valence-electron chi connectivity index (χ4n) is 2.63. The second kappa shape index (κ2) is 6.95. The van der Waals surface area contributed by atoms with Crippen molar-refractivity contribution in [2.75, 3.05) is 5.32 Å². The third kappa shape index (κ3) is 3.80. The Labute approximate surface area is 152 Å². The molecule has 0 unspecified atom stereocenters.